The number of carbonyl (C=O) groups excluding carboxylic acids is 1. The molecule has 4 nitrogen and oxygen atoms in total. The number of hydrogen-bond donors (Lipinski definition) is 2. The minimum Gasteiger partial charge on any atom is -0.497 e. The van der Waals surface area contributed by atoms with Gasteiger partial charge in [0.25, 0.3) is 5.91 Å². The number of methoxy groups -OCH3 is 1. The lowest BCUT2D eigenvalue weighted by Crippen LogP contribution is -2.34. The normalized spacial score (nSPS) is 9.95. The number of amides is 1. The van der Waals surface area contributed by atoms with Gasteiger partial charge in [-0.05, 0) is 48.6 Å². The van der Waals surface area contributed by atoms with Crippen LogP contribution in [0.25, 0.3) is 0 Å². The zero-order chi connectivity index (χ0) is 16.1. The van der Waals surface area contributed by atoms with E-state index in [-0.39, 0.29) is 16.0 Å². The third-order valence-electron chi connectivity index (χ3n) is 2.74. The summed E-state index contributed by atoms with van der Waals surface area (Å²) < 4.78 is 18.1. The average molecular weight is 339 g/mol. The summed E-state index contributed by atoms with van der Waals surface area (Å²) in [7, 11) is 1.52. The predicted molar refractivity (Wildman–Crippen MR) is 88.1 cm³/mol. The largest absolute Gasteiger partial charge is 0.497 e. The van der Waals surface area contributed by atoms with Crippen molar-refractivity contribution in [2.75, 3.05) is 12.4 Å². The number of carbonyl (C=O) groups is 1. The van der Waals surface area contributed by atoms with Gasteiger partial charge in [0.1, 0.15) is 11.6 Å². The van der Waals surface area contributed by atoms with Crippen LogP contribution in [0.15, 0.2) is 42.5 Å². The van der Waals surface area contributed by atoms with Crippen molar-refractivity contribution in [2.24, 2.45) is 0 Å². The Hall–Kier alpha value is -2.18. The molecule has 2 aromatic rings. The molecule has 0 spiro atoms. The van der Waals surface area contributed by atoms with Gasteiger partial charge in [-0.3, -0.25) is 10.1 Å². The summed E-state index contributed by atoms with van der Waals surface area (Å²) in [5.74, 6) is -0.347. The number of benzene rings is 2. The summed E-state index contributed by atoms with van der Waals surface area (Å²) in [6, 6.07) is 10.7. The predicted octanol–water partition coefficient (Wildman–Crippen LogP) is 3.61. The van der Waals surface area contributed by atoms with Crippen LogP contribution in [-0.4, -0.2) is 18.1 Å². The molecule has 2 rings (SSSR count). The van der Waals surface area contributed by atoms with Crippen molar-refractivity contribution in [2.45, 2.75) is 0 Å². The molecule has 0 aliphatic heterocycles. The van der Waals surface area contributed by atoms with Gasteiger partial charge in [0.15, 0.2) is 5.11 Å². The standard InChI is InChI=1S/C15H12ClFN2O2S/c1-21-11-4-2-3-9(7-11)14(20)19-15(22)18-10-5-6-13(17)12(16)8-10/h2-8H,1H3,(H2,18,19,20,22). The molecule has 7 heteroatoms. The van der Waals surface area contributed by atoms with Gasteiger partial charge in [0.2, 0.25) is 0 Å². The highest BCUT2D eigenvalue weighted by Gasteiger charge is 2.09. The van der Waals surface area contributed by atoms with Crippen LogP contribution < -0.4 is 15.4 Å². The van der Waals surface area contributed by atoms with E-state index in [1.54, 1.807) is 24.3 Å². The summed E-state index contributed by atoms with van der Waals surface area (Å²) in [6.07, 6.45) is 0. The molecule has 0 unspecified atom stereocenters. The van der Waals surface area contributed by atoms with Crippen molar-refractivity contribution in [3.8, 4) is 5.75 Å². The van der Waals surface area contributed by atoms with Crippen LogP contribution in [0.5, 0.6) is 5.75 Å². The highest BCUT2D eigenvalue weighted by molar-refractivity contribution is 7.80. The van der Waals surface area contributed by atoms with Crippen LogP contribution in [0, 0.1) is 5.82 Å². The number of thiocarbonyl (C=S) groups is 1. The lowest BCUT2D eigenvalue weighted by Gasteiger charge is -2.10. The third-order valence-corrected chi connectivity index (χ3v) is 3.23. The van der Waals surface area contributed by atoms with E-state index in [0.717, 1.165) is 0 Å². The third kappa shape index (κ3) is 4.16. The minimum absolute atomic E-state index is 0.0353. The summed E-state index contributed by atoms with van der Waals surface area (Å²) in [4.78, 5) is 12.1. The molecule has 0 atom stereocenters. The van der Waals surface area contributed by atoms with E-state index < -0.39 is 5.82 Å². The van der Waals surface area contributed by atoms with Crippen molar-refractivity contribution in [1.29, 1.82) is 0 Å². The van der Waals surface area contributed by atoms with Crippen LogP contribution in [0.3, 0.4) is 0 Å². The zero-order valence-corrected chi connectivity index (χ0v) is 13.1. The molecule has 0 saturated heterocycles. The number of hydrogen-bond acceptors (Lipinski definition) is 3. The second kappa shape index (κ2) is 7.20. The van der Waals surface area contributed by atoms with Crippen LogP contribution in [-0.2, 0) is 0 Å². The van der Waals surface area contributed by atoms with Gasteiger partial charge in [0, 0.05) is 11.3 Å². The zero-order valence-electron chi connectivity index (χ0n) is 11.5. The summed E-state index contributed by atoms with van der Waals surface area (Å²) in [5, 5.41) is 5.32. The summed E-state index contributed by atoms with van der Waals surface area (Å²) in [5.41, 5.74) is 0.878. The molecule has 0 aromatic heterocycles. The first kappa shape index (κ1) is 16.2. The number of rotatable bonds is 3. The maximum absolute atomic E-state index is 13.1. The van der Waals surface area contributed by atoms with E-state index in [9.17, 15) is 9.18 Å². The van der Waals surface area contributed by atoms with Gasteiger partial charge < -0.3 is 10.1 Å². The quantitative estimate of drug-likeness (QED) is 0.839. The Bertz CT molecular complexity index is 724. The summed E-state index contributed by atoms with van der Waals surface area (Å²) >= 11 is 10.7. The second-order valence-corrected chi connectivity index (χ2v) is 5.08. The van der Waals surface area contributed by atoms with Crippen molar-refractivity contribution >= 4 is 40.5 Å². The smallest absolute Gasteiger partial charge is 0.257 e. The highest BCUT2D eigenvalue weighted by Crippen LogP contribution is 2.19. The van der Waals surface area contributed by atoms with Gasteiger partial charge in [-0.1, -0.05) is 17.7 Å². The van der Waals surface area contributed by atoms with Crippen molar-refractivity contribution in [3.63, 3.8) is 0 Å². The minimum atomic E-state index is -0.529. The lowest BCUT2D eigenvalue weighted by atomic mass is 10.2. The molecule has 0 radical (unpaired) electrons. The molecular formula is C15H12ClFN2O2S. The van der Waals surface area contributed by atoms with Gasteiger partial charge in [0.05, 0.1) is 12.1 Å². The number of nitrogens with one attached hydrogen (secondary N) is 2. The Morgan fingerprint density at radius 1 is 1.27 bits per heavy atom. The van der Waals surface area contributed by atoms with E-state index in [1.165, 1.54) is 25.3 Å². The van der Waals surface area contributed by atoms with E-state index in [0.29, 0.717) is 17.0 Å². The topological polar surface area (TPSA) is 50.4 Å². The number of ether oxygens (including phenoxy) is 1. The Balaban J connectivity index is 2.01. The van der Waals surface area contributed by atoms with Crippen LogP contribution in [0.1, 0.15) is 10.4 Å². The van der Waals surface area contributed by atoms with E-state index in [4.69, 9.17) is 28.6 Å². The van der Waals surface area contributed by atoms with Gasteiger partial charge >= 0.3 is 0 Å². The first-order valence-corrected chi connectivity index (χ1v) is 6.99. The Labute approximate surface area is 137 Å². The van der Waals surface area contributed by atoms with E-state index >= 15 is 0 Å². The fourth-order valence-electron chi connectivity index (χ4n) is 1.68. The highest BCUT2D eigenvalue weighted by atomic mass is 35.5. The molecule has 0 aliphatic carbocycles. The maximum Gasteiger partial charge on any atom is 0.257 e. The molecule has 0 fully saturated rings. The molecule has 1 amide bonds. The molecule has 2 N–H and O–H groups in total. The monoisotopic (exact) mass is 338 g/mol. The average Bonchev–Trinajstić information content (AvgIpc) is 2.51. The molecule has 2 aromatic carbocycles. The Morgan fingerprint density at radius 2 is 2.05 bits per heavy atom. The molecule has 114 valence electrons. The Morgan fingerprint density at radius 3 is 2.73 bits per heavy atom. The molecule has 22 heavy (non-hydrogen) atoms. The van der Waals surface area contributed by atoms with Crippen molar-refractivity contribution < 1.29 is 13.9 Å². The van der Waals surface area contributed by atoms with Crippen molar-refractivity contribution in [1.82, 2.24) is 5.32 Å². The van der Waals surface area contributed by atoms with E-state index in [2.05, 4.69) is 10.6 Å². The van der Waals surface area contributed by atoms with Crippen LogP contribution >= 0.6 is 23.8 Å². The van der Waals surface area contributed by atoms with Crippen LogP contribution in [0.4, 0.5) is 10.1 Å². The van der Waals surface area contributed by atoms with Gasteiger partial charge in [-0.25, -0.2) is 4.39 Å². The van der Waals surface area contributed by atoms with Gasteiger partial charge in [-0.15, -0.1) is 0 Å². The first-order valence-electron chi connectivity index (χ1n) is 6.21. The fourth-order valence-corrected chi connectivity index (χ4v) is 2.07. The van der Waals surface area contributed by atoms with Gasteiger partial charge in [-0.2, -0.15) is 0 Å². The maximum atomic E-state index is 13.1. The molecule has 0 aliphatic rings. The molecular weight excluding hydrogens is 327 g/mol. The second-order valence-electron chi connectivity index (χ2n) is 4.27. The Kier molecular flexibility index (Phi) is 5.30. The molecule has 0 bridgehead atoms. The van der Waals surface area contributed by atoms with Crippen LogP contribution in [0.2, 0.25) is 5.02 Å². The number of anilines is 1. The lowest BCUT2D eigenvalue weighted by molar-refractivity contribution is 0.0977. The first-order chi connectivity index (χ1) is 10.5. The van der Waals surface area contributed by atoms with E-state index in [1.807, 2.05) is 0 Å². The fraction of sp³-hybridized carbons (Fsp3) is 0.0667. The summed E-state index contributed by atoms with van der Waals surface area (Å²) in [6.45, 7) is 0. The molecule has 0 saturated carbocycles. The number of halogens is 2. The SMILES string of the molecule is COc1cccc(C(=O)NC(=S)Nc2ccc(F)c(Cl)c2)c1. The molecule has 0 heterocycles. The van der Waals surface area contributed by atoms with Crippen molar-refractivity contribution in [3.05, 3.63) is 58.9 Å².